The average molecular weight is 171 g/mol. The van der Waals surface area contributed by atoms with Crippen LogP contribution in [0.1, 0.15) is 26.2 Å². The molecule has 64 valence electrons. The minimum absolute atomic E-state index is 0.436. The molecule has 2 heteroatoms. The standard InChI is InChI=1S/C9H17NS/c1-7(10)9(3-4-9)8-2-5-11-6-8/h7-8H,2-6,10H2,1H3. The van der Waals surface area contributed by atoms with Crippen LogP contribution in [0.4, 0.5) is 0 Å². The summed E-state index contributed by atoms with van der Waals surface area (Å²) >= 11 is 2.11. The lowest BCUT2D eigenvalue weighted by molar-refractivity contribution is 0.290. The Morgan fingerprint density at radius 2 is 2.27 bits per heavy atom. The maximum Gasteiger partial charge on any atom is 0.00699 e. The number of rotatable bonds is 2. The largest absolute Gasteiger partial charge is 0.327 e. The van der Waals surface area contributed by atoms with E-state index in [0.29, 0.717) is 11.5 Å². The smallest absolute Gasteiger partial charge is 0.00699 e. The van der Waals surface area contributed by atoms with Gasteiger partial charge in [0, 0.05) is 6.04 Å². The van der Waals surface area contributed by atoms with E-state index in [0.717, 1.165) is 5.92 Å². The fourth-order valence-electron chi connectivity index (χ4n) is 2.37. The van der Waals surface area contributed by atoms with E-state index in [2.05, 4.69) is 18.7 Å². The summed E-state index contributed by atoms with van der Waals surface area (Å²) in [6.45, 7) is 2.19. The third-order valence-corrected chi connectivity index (χ3v) is 4.64. The number of hydrogen-bond acceptors (Lipinski definition) is 2. The van der Waals surface area contributed by atoms with Crippen LogP contribution in [0.3, 0.4) is 0 Å². The van der Waals surface area contributed by atoms with Gasteiger partial charge in [-0.15, -0.1) is 0 Å². The highest BCUT2D eigenvalue weighted by Gasteiger charge is 2.52. The van der Waals surface area contributed by atoms with Gasteiger partial charge in [0.1, 0.15) is 0 Å². The molecule has 0 aromatic rings. The first kappa shape index (κ1) is 7.93. The predicted molar refractivity (Wildman–Crippen MR) is 50.7 cm³/mol. The molecule has 2 atom stereocenters. The Labute approximate surface area is 73.1 Å². The van der Waals surface area contributed by atoms with Crippen LogP contribution in [0.25, 0.3) is 0 Å². The van der Waals surface area contributed by atoms with E-state index >= 15 is 0 Å². The van der Waals surface area contributed by atoms with Gasteiger partial charge in [0.2, 0.25) is 0 Å². The summed E-state index contributed by atoms with van der Waals surface area (Å²) in [5.41, 5.74) is 6.59. The summed E-state index contributed by atoms with van der Waals surface area (Å²) in [6, 6.07) is 0.436. The van der Waals surface area contributed by atoms with Crippen LogP contribution in [0.15, 0.2) is 0 Å². The summed E-state index contributed by atoms with van der Waals surface area (Å²) in [5, 5.41) is 0. The summed E-state index contributed by atoms with van der Waals surface area (Å²) in [7, 11) is 0. The van der Waals surface area contributed by atoms with Crippen LogP contribution >= 0.6 is 11.8 Å². The van der Waals surface area contributed by atoms with Gasteiger partial charge in [-0.3, -0.25) is 0 Å². The zero-order valence-corrected chi connectivity index (χ0v) is 7.99. The van der Waals surface area contributed by atoms with Gasteiger partial charge in [0.05, 0.1) is 0 Å². The van der Waals surface area contributed by atoms with Crippen LogP contribution in [0.5, 0.6) is 0 Å². The first-order valence-corrected chi connectivity index (χ1v) is 5.74. The van der Waals surface area contributed by atoms with Crippen molar-refractivity contribution in [2.24, 2.45) is 17.1 Å². The molecule has 1 heterocycles. The average Bonchev–Trinajstić information content (AvgIpc) is 2.61. The van der Waals surface area contributed by atoms with Crippen molar-refractivity contribution in [3.63, 3.8) is 0 Å². The second-order valence-corrected chi connectivity index (χ2v) is 5.23. The van der Waals surface area contributed by atoms with Gasteiger partial charge in [-0.1, -0.05) is 0 Å². The molecule has 0 aromatic heterocycles. The van der Waals surface area contributed by atoms with E-state index in [1.807, 2.05) is 0 Å². The predicted octanol–water partition coefficient (Wildman–Crippen LogP) is 1.87. The Kier molecular flexibility index (Phi) is 1.92. The Morgan fingerprint density at radius 1 is 1.55 bits per heavy atom. The zero-order chi connectivity index (χ0) is 7.90. The molecule has 1 nitrogen and oxygen atoms in total. The zero-order valence-electron chi connectivity index (χ0n) is 7.18. The molecule has 0 aromatic carbocycles. The molecule has 1 aliphatic carbocycles. The molecule has 1 saturated heterocycles. The lowest BCUT2D eigenvalue weighted by atomic mass is 9.83. The van der Waals surface area contributed by atoms with Gasteiger partial charge in [-0.25, -0.2) is 0 Å². The molecule has 2 rings (SSSR count). The topological polar surface area (TPSA) is 26.0 Å². The van der Waals surface area contributed by atoms with Crippen LogP contribution in [0.2, 0.25) is 0 Å². The van der Waals surface area contributed by atoms with Crippen LogP contribution in [0, 0.1) is 11.3 Å². The molecule has 2 unspecified atom stereocenters. The monoisotopic (exact) mass is 171 g/mol. The lowest BCUT2D eigenvalue weighted by Gasteiger charge is -2.25. The third-order valence-electron chi connectivity index (χ3n) is 3.48. The fourth-order valence-corrected chi connectivity index (χ4v) is 3.77. The third kappa shape index (κ3) is 1.20. The Hall–Kier alpha value is 0.310. The number of thioether (sulfide) groups is 1. The van der Waals surface area contributed by atoms with Crippen molar-refractivity contribution < 1.29 is 0 Å². The summed E-state index contributed by atoms with van der Waals surface area (Å²) in [6.07, 6.45) is 4.22. The van der Waals surface area contributed by atoms with Crippen molar-refractivity contribution in [1.29, 1.82) is 0 Å². The second kappa shape index (κ2) is 2.67. The normalized spacial score (nSPS) is 37.1. The quantitative estimate of drug-likeness (QED) is 0.686. The van der Waals surface area contributed by atoms with Crippen molar-refractivity contribution in [3.05, 3.63) is 0 Å². The van der Waals surface area contributed by atoms with Gasteiger partial charge in [-0.2, -0.15) is 11.8 Å². The fraction of sp³-hybridized carbons (Fsp3) is 1.00. The molecular weight excluding hydrogens is 154 g/mol. The first-order chi connectivity index (χ1) is 5.26. The van der Waals surface area contributed by atoms with Crippen molar-refractivity contribution in [3.8, 4) is 0 Å². The highest BCUT2D eigenvalue weighted by atomic mass is 32.2. The van der Waals surface area contributed by atoms with E-state index in [9.17, 15) is 0 Å². The molecule has 2 fully saturated rings. The van der Waals surface area contributed by atoms with Gasteiger partial charge in [0.15, 0.2) is 0 Å². The van der Waals surface area contributed by atoms with Crippen LogP contribution in [-0.4, -0.2) is 17.5 Å². The van der Waals surface area contributed by atoms with E-state index in [4.69, 9.17) is 5.73 Å². The molecular formula is C9H17NS. The Morgan fingerprint density at radius 3 is 2.64 bits per heavy atom. The SMILES string of the molecule is CC(N)C1(C2CCSC2)CC1. The molecule has 0 amide bonds. The number of hydrogen-bond donors (Lipinski definition) is 1. The van der Waals surface area contributed by atoms with E-state index in [1.54, 1.807) is 0 Å². The highest BCUT2D eigenvalue weighted by Crippen LogP contribution is 2.57. The van der Waals surface area contributed by atoms with E-state index in [-0.39, 0.29) is 0 Å². The summed E-state index contributed by atoms with van der Waals surface area (Å²) in [4.78, 5) is 0. The Bertz CT molecular complexity index is 146. The molecule has 0 radical (unpaired) electrons. The molecule has 0 bridgehead atoms. The number of nitrogens with two attached hydrogens (primary N) is 1. The summed E-state index contributed by atoms with van der Waals surface area (Å²) < 4.78 is 0. The van der Waals surface area contributed by atoms with Crippen LogP contribution in [-0.2, 0) is 0 Å². The van der Waals surface area contributed by atoms with Crippen molar-refractivity contribution >= 4 is 11.8 Å². The van der Waals surface area contributed by atoms with E-state index in [1.165, 1.54) is 30.8 Å². The minimum Gasteiger partial charge on any atom is -0.327 e. The van der Waals surface area contributed by atoms with Crippen LogP contribution < -0.4 is 5.73 Å². The summed E-state index contributed by atoms with van der Waals surface area (Å²) in [5.74, 6) is 3.70. The van der Waals surface area contributed by atoms with E-state index < -0.39 is 0 Å². The minimum atomic E-state index is 0.436. The van der Waals surface area contributed by atoms with Crippen molar-refractivity contribution in [2.75, 3.05) is 11.5 Å². The van der Waals surface area contributed by atoms with Crippen molar-refractivity contribution in [1.82, 2.24) is 0 Å². The molecule has 2 N–H and O–H groups in total. The maximum atomic E-state index is 6.00. The maximum absolute atomic E-state index is 6.00. The Balaban J connectivity index is 2.01. The molecule has 0 spiro atoms. The molecule has 1 aliphatic heterocycles. The first-order valence-electron chi connectivity index (χ1n) is 4.59. The lowest BCUT2D eigenvalue weighted by Crippen LogP contribution is -2.34. The molecule has 11 heavy (non-hydrogen) atoms. The second-order valence-electron chi connectivity index (χ2n) is 4.08. The van der Waals surface area contributed by atoms with Crippen molar-refractivity contribution in [2.45, 2.75) is 32.2 Å². The van der Waals surface area contributed by atoms with Gasteiger partial charge >= 0.3 is 0 Å². The highest BCUT2D eigenvalue weighted by molar-refractivity contribution is 7.99. The molecule has 2 aliphatic rings. The van der Waals surface area contributed by atoms with Gasteiger partial charge in [0.25, 0.3) is 0 Å². The molecule has 1 saturated carbocycles. The van der Waals surface area contributed by atoms with Gasteiger partial charge < -0.3 is 5.73 Å². The van der Waals surface area contributed by atoms with Gasteiger partial charge in [-0.05, 0) is 49.0 Å².